The van der Waals surface area contributed by atoms with E-state index in [1.807, 2.05) is 13.8 Å². The molecule has 1 aliphatic heterocycles. The second-order valence-corrected chi connectivity index (χ2v) is 4.86. The second-order valence-electron chi connectivity index (χ2n) is 4.86. The third-order valence-electron chi connectivity index (χ3n) is 3.59. The van der Waals surface area contributed by atoms with Crippen molar-refractivity contribution >= 4 is 0 Å². The van der Waals surface area contributed by atoms with Gasteiger partial charge in [0.1, 0.15) is 5.82 Å². The number of benzene rings is 1. The Balaban J connectivity index is 1.94. The topological polar surface area (TPSA) is 15.3 Å². The summed E-state index contributed by atoms with van der Waals surface area (Å²) in [6, 6.07) is 3.80. The Hall–Kier alpha value is -0.930. The van der Waals surface area contributed by atoms with Gasteiger partial charge in [0, 0.05) is 32.7 Å². The monoisotopic (exact) mass is 236 g/mol. The molecule has 0 bridgehead atoms. The molecule has 0 radical (unpaired) electrons. The molecule has 0 unspecified atom stereocenters. The van der Waals surface area contributed by atoms with Gasteiger partial charge in [0.2, 0.25) is 0 Å². The van der Waals surface area contributed by atoms with Gasteiger partial charge in [-0.3, -0.25) is 0 Å². The van der Waals surface area contributed by atoms with E-state index in [4.69, 9.17) is 0 Å². The Morgan fingerprint density at radius 1 is 1.24 bits per heavy atom. The average Bonchev–Trinajstić information content (AvgIpc) is 2.34. The summed E-state index contributed by atoms with van der Waals surface area (Å²) in [5, 5.41) is 3.34. The summed E-state index contributed by atoms with van der Waals surface area (Å²) in [5.74, 6) is -0.0692. The highest BCUT2D eigenvalue weighted by molar-refractivity contribution is 5.31. The number of hydrogen-bond donors (Lipinski definition) is 1. The Bertz CT molecular complexity index is 361. The van der Waals surface area contributed by atoms with E-state index in [0.29, 0.717) is 0 Å². The Morgan fingerprint density at radius 2 is 1.94 bits per heavy atom. The van der Waals surface area contributed by atoms with Gasteiger partial charge >= 0.3 is 0 Å². The first-order valence-electron chi connectivity index (χ1n) is 6.35. The highest BCUT2D eigenvalue weighted by Crippen LogP contribution is 2.15. The van der Waals surface area contributed by atoms with Crippen LogP contribution in [0.15, 0.2) is 12.1 Å². The first-order chi connectivity index (χ1) is 8.16. The van der Waals surface area contributed by atoms with Crippen molar-refractivity contribution in [1.29, 1.82) is 0 Å². The molecular weight excluding hydrogens is 215 g/mol. The Morgan fingerprint density at radius 3 is 2.59 bits per heavy atom. The van der Waals surface area contributed by atoms with Crippen LogP contribution in [0, 0.1) is 19.7 Å². The van der Waals surface area contributed by atoms with Crippen molar-refractivity contribution in [2.75, 3.05) is 32.7 Å². The Kier molecular flexibility index (Phi) is 4.13. The Labute approximate surface area is 103 Å². The molecule has 1 saturated heterocycles. The molecule has 0 aromatic heterocycles. The third kappa shape index (κ3) is 3.27. The maximum absolute atomic E-state index is 13.6. The molecule has 1 N–H and O–H groups in total. The summed E-state index contributed by atoms with van der Waals surface area (Å²) in [7, 11) is 0. The van der Waals surface area contributed by atoms with Gasteiger partial charge in [0.05, 0.1) is 0 Å². The lowest BCUT2D eigenvalue weighted by atomic mass is 10.0. The van der Waals surface area contributed by atoms with E-state index in [-0.39, 0.29) is 5.82 Å². The van der Waals surface area contributed by atoms with Crippen LogP contribution in [-0.4, -0.2) is 37.6 Å². The third-order valence-corrected chi connectivity index (χ3v) is 3.59. The van der Waals surface area contributed by atoms with Crippen molar-refractivity contribution < 1.29 is 4.39 Å². The number of halogens is 1. The van der Waals surface area contributed by atoms with Crippen molar-refractivity contribution in [3.05, 3.63) is 34.6 Å². The van der Waals surface area contributed by atoms with Crippen LogP contribution in [0.2, 0.25) is 0 Å². The molecule has 1 aromatic carbocycles. The van der Waals surface area contributed by atoms with Gasteiger partial charge in [-0.05, 0) is 43.0 Å². The zero-order chi connectivity index (χ0) is 12.3. The molecule has 1 heterocycles. The molecule has 3 heteroatoms. The van der Waals surface area contributed by atoms with Gasteiger partial charge in [-0.2, -0.15) is 0 Å². The minimum atomic E-state index is -0.0692. The van der Waals surface area contributed by atoms with Gasteiger partial charge in [0.25, 0.3) is 0 Å². The summed E-state index contributed by atoms with van der Waals surface area (Å²) in [6.45, 7) is 9.20. The summed E-state index contributed by atoms with van der Waals surface area (Å²) in [4.78, 5) is 2.43. The van der Waals surface area contributed by atoms with E-state index in [9.17, 15) is 4.39 Å². The zero-order valence-electron chi connectivity index (χ0n) is 10.7. The molecule has 0 saturated carbocycles. The van der Waals surface area contributed by atoms with E-state index in [1.54, 1.807) is 6.07 Å². The molecule has 1 fully saturated rings. The predicted octanol–water partition coefficient (Wildman–Crippen LogP) is 1.89. The maximum atomic E-state index is 13.6. The van der Waals surface area contributed by atoms with Gasteiger partial charge in [0.15, 0.2) is 0 Å². The average molecular weight is 236 g/mol. The van der Waals surface area contributed by atoms with Crippen molar-refractivity contribution in [3.8, 4) is 0 Å². The van der Waals surface area contributed by atoms with Crippen molar-refractivity contribution in [2.45, 2.75) is 20.3 Å². The summed E-state index contributed by atoms with van der Waals surface area (Å²) in [6.07, 6.45) is 0.942. The summed E-state index contributed by atoms with van der Waals surface area (Å²) in [5.41, 5.74) is 2.94. The van der Waals surface area contributed by atoms with Gasteiger partial charge in [-0.1, -0.05) is 6.07 Å². The highest BCUT2D eigenvalue weighted by Gasteiger charge is 2.10. The number of piperazine rings is 1. The quantitative estimate of drug-likeness (QED) is 0.862. The molecule has 94 valence electrons. The number of nitrogens with one attached hydrogen (secondary N) is 1. The standard InChI is InChI=1S/C14H21FN2/c1-11-9-13(10-14(15)12(11)2)3-6-17-7-4-16-5-8-17/h9-10,16H,3-8H2,1-2H3. The van der Waals surface area contributed by atoms with Crippen molar-refractivity contribution in [1.82, 2.24) is 10.2 Å². The largest absolute Gasteiger partial charge is 0.314 e. The summed E-state index contributed by atoms with van der Waals surface area (Å²) >= 11 is 0. The van der Waals surface area contributed by atoms with Crippen LogP contribution in [0.3, 0.4) is 0 Å². The highest BCUT2D eigenvalue weighted by atomic mass is 19.1. The lowest BCUT2D eigenvalue weighted by Crippen LogP contribution is -2.44. The van der Waals surface area contributed by atoms with E-state index in [0.717, 1.165) is 55.8 Å². The zero-order valence-corrected chi connectivity index (χ0v) is 10.7. The predicted molar refractivity (Wildman–Crippen MR) is 68.9 cm³/mol. The first-order valence-corrected chi connectivity index (χ1v) is 6.35. The summed E-state index contributed by atoms with van der Waals surface area (Å²) < 4.78 is 13.6. The first kappa shape index (κ1) is 12.5. The van der Waals surface area contributed by atoms with Gasteiger partial charge in [-0.15, -0.1) is 0 Å². The number of nitrogens with zero attached hydrogens (tertiary/aromatic N) is 1. The van der Waals surface area contributed by atoms with Crippen molar-refractivity contribution in [3.63, 3.8) is 0 Å². The van der Waals surface area contributed by atoms with E-state index < -0.39 is 0 Å². The van der Waals surface area contributed by atoms with Crippen LogP contribution in [-0.2, 0) is 6.42 Å². The molecule has 0 spiro atoms. The maximum Gasteiger partial charge on any atom is 0.126 e. The molecular formula is C14H21FN2. The minimum Gasteiger partial charge on any atom is -0.314 e. The van der Waals surface area contributed by atoms with Crippen LogP contribution in [0.1, 0.15) is 16.7 Å². The van der Waals surface area contributed by atoms with E-state index >= 15 is 0 Å². The number of aryl methyl sites for hydroxylation is 1. The molecule has 17 heavy (non-hydrogen) atoms. The van der Waals surface area contributed by atoms with Crippen LogP contribution < -0.4 is 5.32 Å². The molecule has 1 aliphatic rings. The SMILES string of the molecule is Cc1cc(CCN2CCNCC2)cc(F)c1C. The lowest BCUT2D eigenvalue weighted by molar-refractivity contribution is 0.244. The van der Waals surface area contributed by atoms with Gasteiger partial charge < -0.3 is 10.2 Å². The van der Waals surface area contributed by atoms with Crippen molar-refractivity contribution in [2.24, 2.45) is 0 Å². The fraction of sp³-hybridized carbons (Fsp3) is 0.571. The molecule has 2 nitrogen and oxygen atoms in total. The molecule has 0 aliphatic carbocycles. The molecule has 0 amide bonds. The number of hydrogen-bond acceptors (Lipinski definition) is 2. The second kappa shape index (κ2) is 5.61. The van der Waals surface area contributed by atoms with Crippen LogP contribution >= 0.6 is 0 Å². The molecule has 1 aromatic rings. The van der Waals surface area contributed by atoms with Crippen LogP contribution in [0.4, 0.5) is 4.39 Å². The van der Waals surface area contributed by atoms with Crippen LogP contribution in [0.25, 0.3) is 0 Å². The fourth-order valence-corrected chi connectivity index (χ4v) is 2.25. The normalized spacial score (nSPS) is 17.4. The van der Waals surface area contributed by atoms with Crippen LogP contribution in [0.5, 0.6) is 0 Å². The number of rotatable bonds is 3. The van der Waals surface area contributed by atoms with E-state index in [2.05, 4.69) is 16.3 Å². The fourth-order valence-electron chi connectivity index (χ4n) is 2.25. The van der Waals surface area contributed by atoms with E-state index in [1.165, 1.54) is 0 Å². The smallest absolute Gasteiger partial charge is 0.126 e. The van der Waals surface area contributed by atoms with Gasteiger partial charge in [-0.25, -0.2) is 4.39 Å². The molecule has 2 rings (SSSR count). The lowest BCUT2D eigenvalue weighted by Gasteiger charge is -2.27. The minimum absolute atomic E-state index is 0.0692. The molecule has 0 atom stereocenters.